The van der Waals surface area contributed by atoms with Crippen LogP contribution in [0.1, 0.15) is 129 Å². The second-order valence-corrected chi connectivity index (χ2v) is 14.0. The second kappa shape index (κ2) is 36.9. The van der Waals surface area contributed by atoms with Crippen molar-refractivity contribution in [3.63, 3.8) is 0 Å². The number of allylic oxidation sites excluding steroid dienone is 16. The van der Waals surface area contributed by atoms with Crippen molar-refractivity contribution in [2.45, 2.75) is 166 Å². The first-order chi connectivity index (χ1) is 27.8. The highest BCUT2D eigenvalue weighted by Gasteiger charge is 2.44. The third-order valence-corrected chi connectivity index (χ3v) is 8.96. The Hall–Kier alpha value is -3.38. The van der Waals surface area contributed by atoms with E-state index in [0.717, 1.165) is 83.5 Å². The van der Waals surface area contributed by atoms with Crippen LogP contribution in [0.4, 0.5) is 0 Å². The minimum Gasteiger partial charge on any atom is -0.462 e. The van der Waals surface area contributed by atoms with Gasteiger partial charge in [0.1, 0.15) is 31.0 Å². The molecule has 0 saturated carbocycles. The van der Waals surface area contributed by atoms with Gasteiger partial charge >= 0.3 is 11.9 Å². The summed E-state index contributed by atoms with van der Waals surface area (Å²) in [6.45, 7) is 3.09. The van der Waals surface area contributed by atoms with E-state index in [1.54, 1.807) is 0 Å². The summed E-state index contributed by atoms with van der Waals surface area (Å²) in [4.78, 5) is 25.3. The zero-order valence-corrected chi connectivity index (χ0v) is 34.8. The third-order valence-electron chi connectivity index (χ3n) is 8.96. The number of carbonyl (C=O) groups is 2. The maximum atomic E-state index is 12.7. The van der Waals surface area contributed by atoms with Gasteiger partial charge in [0.25, 0.3) is 0 Å². The molecule has 0 aromatic heterocycles. The first kappa shape index (κ1) is 51.6. The minimum absolute atomic E-state index is 0.187. The maximum absolute atomic E-state index is 12.7. The Morgan fingerprint density at radius 3 is 1.53 bits per heavy atom. The molecular weight excluding hydrogens is 725 g/mol. The molecule has 1 saturated heterocycles. The first-order valence-corrected chi connectivity index (χ1v) is 21.3. The van der Waals surface area contributed by atoms with Gasteiger partial charge in [-0.25, -0.2) is 0 Å². The average Bonchev–Trinajstić information content (AvgIpc) is 3.21. The standard InChI is InChI=1S/C47H74O10/c1-3-5-7-9-11-13-15-17-19-20-22-23-25-27-29-31-33-35-42(49)54-38-40(39-55-47-46(53)45(52)44(51)41(37-48)57-47)56-43(50)36-34-32-30-28-26-24-21-18-16-14-12-10-8-6-4-2/h5-8,11-14,17-19,21-23,27,29,40-41,44-48,51-53H,3-4,9-10,15-16,20,24-26,28,30-39H2,1-2H3/b7-5+,8-6+,13-11+,14-12+,19-17+,21-18+,23-22+,29-27+/t40-,41-,44+,45?,46?,47-/m0/s1. The number of carbonyl (C=O) groups excluding carboxylic acids is 2. The molecule has 0 aliphatic carbocycles. The fourth-order valence-corrected chi connectivity index (χ4v) is 5.65. The van der Waals surface area contributed by atoms with E-state index in [1.165, 1.54) is 0 Å². The lowest BCUT2D eigenvalue weighted by atomic mass is 9.99. The van der Waals surface area contributed by atoms with Gasteiger partial charge in [0.2, 0.25) is 0 Å². The highest BCUT2D eigenvalue weighted by atomic mass is 16.7. The van der Waals surface area contributed by atoms with E-state index in [4.69, 9.17) is 18.9 Å². The number of aliphatic hydroxyl groups excluding tert-OH is 4. The van der Waals surface area contributed by atoms with Crippen LogP contribution in [0.15, 0.2) is 97.2 Å². The van der Waals surface area contributed by atoms with E-state index in [-0.39, 0.29) is 26.1 Å². The molecule has 1 fully saturated rings. The fourth-order valence-electron chi connectivity index (χ4n) is 5.65. The van der Waals surface area contributed by atoms with Gasteiger partial charge < -0.3 is 39.4 Å². The summed E-state index contributed by atoms with van der Waals surface area (Å²) in [5.41, 5.74) is 0. The van der Waals surface area contributed by atoms with Crippen LogP contribution in [0.2, 0.25) is 0 Å². The van der Waals surface area contributed by atoms with Crippen LogP contribution in [0.3, 0.4) is 0 Å². The number of ether oxygens (including phenoxy) is 4. The zero-order chi connectivity index (χ0) is 41.6. The van der Waals surface area contributed by atoms with E-state index in [2.05, 4.69) is 105 Å². The molecule has 57 heavy (non-hydrogen) atoms. The predicted molar refractivity (Wildman–Crippen MR) is 228 cm³/mol. The van der Waals surface area contributed by atoms with E-state index in [1.807, 2.05) is 6.08 Å². The van der Waals surface area contributed by atoms with Gasteiger partial charge in [-0.3, -0.25) is 9.59 Å². The molecule has 0 spiro atoms. The predicted octanol–water partition coefficient (Wildman–Crippen LogP) is 8.77. The van der Waals surface area contributed by atoms with Crippen molar-refractivity contribution < 1.29 is 49.0 Å². The summed E-state index contributed by atoms with van der Waals surface area (Å²) in [7, 11) is 0. The van der Waals surface area contributed by atoms with E-state index >= 15 is 0 Å². The molecule has 0 aromatic carbocycles. The maximum Gasteiger partial charge on any atom is 0.306 e. The number of aliphatic hydroxyl groups is 4. The van der Waals surface area contributed by atoms with Crippen molar-refractivity contribution in [1.82, 2.24) is 0 Å². The third kappa shape index (κ3) is 28.6. The topological polar surface area (TPSA) is 152 Å². The van der Waals surface area contributed by atoms with Gasteiger partial charge in [-0.2, -0.15) is 0 Å². The Morgan fingerprint density at radius 1 is 0.544 bits per heavy atom. The Kier molecular flexibility index (Phi) is 33.5. The molecule has 6 atom stereocenters. The lowest BCUT2D eigenvalue weighted by Gasteiger charge is -2.39. The normalized spacial score (nSPS) is 21.3. The summed E-state index contributed by atoms with van der Waals surface area (Å²) in [5, 5.41) is 40.0. The molecule has 322 valence electrons. The van der Waals surface area contributed by atoms with Crippen molar-refractivity contribution in [2.75, 3.05) is 19.8 Å². The highest BCUT2D eigenvalue weighted by molar-refractivity contribution is 5.70. The average molecular weight is 799 g/mol. The number of hydrogen-bond donors (Lipinski definition) is 4. The van der Waals surface area contributed by atoms with Crippen molar-refractivity contribution in [1.29, 1.82) is 0 Å². The summed E-state index contributed by atoms with van der Waals surface area (Å²) >= 11 is 0. The molecule has 1 aliphatic rings. The lowest BCUT2D eigenvalue weighted by Crippen LogP contribution is -2.59. The molecule has 4 N–H and O–H groups in total. The first-order valence-electron chi connectivity index (χ1n) is 21.3. The van der Waals surface area contributed by atoms with Gasteiger partial charge in [-0.1, -0.05) is 130 Å². The van der Waals surface area contributed by atoms with Crippen LogP contribution < -0.4 is 0 Å². The molecule has 0 radical (unpaired) electrons. The quantitative estimate of drug-likeness (QED) is 0.0288. The molecule has 10 heteroatoms. The molecule has 2 unspecified atom stereocenters. The van der Waals surface area contributed by atoms with Gasteiger partial charge in [0.05, 0.1) is 13.2 Å². The van der Waals surface area contributed by atoms with E-state index in [9.17, 15) is 30.0 Å². The van der Waals surface area contributed by atoms with E-state index in [0.29, 0.717) is 19.3 Å². The van der Waals surface area contributed by atoms with Crippen LogP contribution in [-0.4, -0.2) is 89.0 Å². The number of esters is 2. The minimum atomic E-state index is -1.61. The Labute approximate surface area is 343 Å². The van der Waals surface area contributed by atoms with Gasteiger partial charge in [-0.05, 0) is 83.5 Å². The molecule has 1 aliphatic heterocycles. The molecule has 0 aromatic rings. The van der Waals surface area contributed by atoms with Gasteiger partial charge in [0.15, 0.2) is 12.4 Å². The van der Waals surface area contributed by atoms with Gasteiger partial charge in [-0.15, -0.1) is 0 Å². The summed E-state index contributed by atoms with van der Waals surface area (Å²) < 4.78 is 22.0. The smallest absolute Gasteiger partial charge is 0.306 e. The molecule has 0 bridgehead atoms. The zero-order valence-electron chi connectivity index (χ0n) is 34.8. The largest absolute Gasteiger partial charge is 0.462 e. The summed E-state index contributed by atoms with van der Waals surface area (Å²) in [6, 6.07) is 0. The fraction of sp³-hybridized carbons (Fsp3) is 0.617. The van der Waals surface area contributed by atoms with Gasteiger partial charge in [0, 0.05) is 12.8 Å². The van der Waals surface area contributed by atoms with Crippen LogP contribution in [0, 0.1) is 0 Å². The highest BCUT2D eigenvalue weighted by Crippen LogP contribution is 2.22. The SMILES string of the molecule is CC/C=C/C/C=C/C/C=C/C/C=C/C/C=C/CCCC(=O)OC[C@@H](CO[C@H]1O[C@@H](CO)[C@@H](O)C(O)C1O)OC(=O)CCCCCCC/C=C/C/C=C/C/C=C/CC. The summed E-state index contributed by atoms with van der Waals surface area (Å²) in [5.74, 6) is -0.907. The molecule has 1 heterocycles. The summed E-state index contributed by atoms with van der Waals surface area (Å²) in [6.07, 6.45) is 41.3. The van der Waals surface area contributed by atoms with Crippen molar-refractivity contribution in [2.24, 2.45) is 0 Å². The molecular formula is C47H74O10. The van der Waals surface area contributed by atoms with Crippen LogP contribution in [0.25, 0.3) is 0 Å². The van der Waals surface area contributed by atoms with Crippen molar-refractivity contribution >= 4 is 11.9 Å². The number of rotatable bonds is 33. The second-order valence-electron chi connectivity index (χ2n) is 14.0. The monoisotopic (exact) mass is 799 g/mol. The Morgan fingerprint density at radius 2 is 1.00 bits per heavy atom. The van der Waals surface area contributed by atoms with Crippen LogP contribution >= 0.6 is 0 Å². The Balaban J connectivity index is 2.42. The molecule has 10 nitrogen and oxygen atoms in total. The number of hydrogen-bond acceptors (Lipinski definition) is 10. The van der Waals surface area contributed by atoms with E-state index < -0.39 is 55.4 Å². The van der Waals surface area contributed by atoms with Crippen molar-refractivity contribution in [3.05, 3.63) is 97.2 Å². The lowest BCUT2D eigenvalue weighted by molar-refractivity contribution is -0.305. The Bertz CT molecular complexity index is 1240. The van der Waals surface area contributed by atoms with Crippen LogP contribution in [0.5, 0.6) is 0 Å². The number of unbranched alkanes of at least 4 members (excludes halogenated alkanes) is 6. The van der Waals surface area contributed by atoms with Crippen molar-refractivity contribution in [3.8, 4) is 0 Å². The van der Waals surface area contributed by atoms with Crippen LogP contribution in [-0.2, 0) is 28.5 Å². The molecule has 1 rings (SSSR count). The molecule has 0 amide bonds.